The normalized spacial score (nSPS) is 9.91. The lowest BCUT2D eigenvalue weighted by atomic mass is 10.2. The molecule has 0 fully saturated rings. The third kappa shape index (κ3) is 9.77. The van der Waals surface area contributed by atoms with Gasteiger partial charge in [-0.3, -0.25) is 0 Å². The minimum absolute atomic E-state index is 0.237. The van der Waals surface area contributed by atoms with E-state index in [9.17, 15) is 4.79 Å². The first kappa shape index (κ1) is 27.8. The molecule has 5 heteroatoms. The third-order valence-electron chi connectivity index (χ3n) is 5.44. The van der Waals surface area contributed by atoms with E-state index >= 15 is 0 Å². The first-order valence-corrected chi connectivity index (χ1v) is 12.7. The van der Waals surface area contributed by atoms with Gasteiger partial charge in [-0.15, -0.1) is 0 Å². The van der Waals surface area contributed by atoms with Crippen LogP contribution in [0.5, 0.6) is 0 Å². The van der Waals surface area contributed by atoms with Crippen molar-refractivity contribution in [3.8, 4) is 23.7 Å². The molecule has 0 saturated carbocycles. The molecule has 3 rings (SSSR count). The van der Waals surface area contributed by atoms with E-state index in [2.05, 4.69) is 89.0 Å². The van der Waals surface area contributed by atoms with Crippen molar-refractivity contribution in [1.82, 2.24) is 9.88 Å². The van der Waals surface area contributed by atoms with E-state index in [0.29, 0.717) is 13.2 Å². The largest absolute Gasteiger partial charge is 0.450 e. The highest BCUT2D eigenvalue weighted by atomic mass is 16.5. The van der Waals surface area contributed by atoms with Gasteiger partial charge in [0.15, 0.2) is 0 Å². The molecule has 35 heavy (non-hydrogen) atoms. The van der Waals surface area contributed by atoms with Gasteiger partial charge < -0.3 is 19.7 Å². The number of amides is 1. The fourth-order valence-corrected chi connectivity index (χ4v) is 3.69. The quantitative estimate of drug-likeness (QED) is 0.269. The number of nitrogens with one attached hydrogen (secondary N) is 1. The van der Waals surface area contributed by atoms with Gasteiger partial charge in [0.1, 0.15) is 0 Å². The molecule has 0 atom stereocenters. The standard InChI is InChI=1S/C21H19NO.C9H19NO2/c23-17-11-5-3-1-2-4-10-16-22-20-14-8-6-12-18(20)19-13-7-9-15-21(19)22;1-3-5-6-7-8-10-9(11)12-4-2/h6-9,12-15,23H,3,5,11,16-17H2;3-8H2,1-2H3,(H,10,11). The molecule has 0 saturated heterocycles. The summed E-state index contributed by atoms with van der Waals surface area (Å²) in [5.41, 5.74) is 2.41. The van der Waals surface area contributed by atoms with Crippen molar-refractivity contribution in [2.24, 2.45) is 0 Å². The number of ether oxygens (including phenoxy) is 1. The molecule has 186 valence electrons. The fraction of sp³-hybridized carbons (Fsp3) is 0.433. The lowest BCUT2D eigenvalue weighted by Gasteiger charge is -2.03. The summed E-state index contributed by atoms with van der Waals surface area (Å²) >= 11 is 0. The van der Waals surface area contributed by atoms with E-state index in [1.54, 1.807) is 6.92 Å². The number of nitrogens with zero attached hydrogens (tertiary/aromatic N) is 1. The molecule has 2 aromatic carbocycles. The van der Waals surface area contributed by atoms with Gasteiger partial charge in [0.2, 0.25) is 0 Å². The van der Waals surface area contributed by atoms with Crippen LogP contribution in [-0.2, 0) is 11.3 Å². The topological polar surface area (TPSA) is 63.5 Å². The molecule has 0 spiro atoms. The first-order valence-electron chi connectivity index (χ1n) is 12.7. The number of fused-ring (bicyclic) bond motifs is 3. The summed E-state index contributed by atoms with van der Waals surface area (Å²) in [7, 11) is 0. The molecule has 0 aliphatic heterocycles. The Morgan fingerprint density at radius 1 is 0.886 bits per heavy atom. The summed E-state index contributed by atoms with van der Waals surface area (Å²) in [6, 6.07) is 16.9. The van der Waals surface area contributed by atoms with Crippen LogP contribution < -0.4 is 5.32 Å². The molecule has 1 aromatic heterocycles. The number of aliphatic hydroxyl groups excluding tert-OH is 1. The zero-order valence-electron chi connectivity index (χ0n) is 21.1. The van der Waals surface area contributed by atoms with E-state index < -0.39 is 0 Å². The van der Waals surface area contributed by atoms with E-state index in [0.717, 1.165) is 32.2 Å². The number of para-hydroxylation sites is 2. The SMILES string of the molecule is CCCCCCNC(=O)OCC.OCCCCC#CC#CCn1c2ccccc2c2ccccc21. The van der Waals surface area contributed by atoms with Gasteiger partial charge >= 0.3 is 6.09 Å². The monoisotopic (exact) mass is 474 g/mol. The summed E-state index contributed by atoms with van der Waals surface area (Å²) in [4.78, 5) is 10.7. The van der Waals surface area contributed by atoms with Crippen LogP contribution in [0.4, 0.5) is 4.79 Å². The van der Waals surface area contributed by atoms with Crippen molar-refractivity contribution in [3.63, 3.8) is 0 Å². The van der Waals surface area contributed by atoms with Crippen molar-refractivity contribution in [1.29, 1.82) is 0 Å². The van der Waals surface area contributed by atoms with Gasteiger partial charge in [-0.2, -0.15) is 0 Å². The zero-order valence-corrected chi connectivity index (χ0v) is 21.1. The van der Waals surface area contributed by atoms with Crippen molar-refractivity contribution in [2.45, 2.75) is 65.3 Å². The van der Waals surface area contributed by atoms with Crippen molar-refractivity contribution in [2.75, 3.05) is 19.8 Å². The highest BCUT2D eigenvalue weighted by Gasteiger charge is 2.07. The Bertz CT molecular complexity index is 1100. The van der Waals surface area contributed by atoms with Crippen LogP contribution in [0.2, 0.25) is 0 Å². The van der Waals surface area contributed by atoms with Crippen LogP contribution >= 0.6 is 0 Å². The van der Waals surface area contributed by atoms with Crippen LogP contribution in [0, 0.1) is 23.7 Å². The molecule has 0 bridgehead atoms. The molecular formula is C30H38N2O3. The maximum atomic E-state index is 10.7. The summed E-state index contributed by atoms with van der Waals surface area (Å²) in [6.45, 7) is 6.02. The number of rotatable bonds is 10. The minimum Gasteiger partial charge on any atom is -0.450 e. The average molecular weight is 475 g/mol. The molecule has 1 heterocycles. The molecule has 0 radical (unpaired) electrons. The lowest BCUT2D eigenvalue weighted by Crippen LogP contribution is -2.25. The van der Waals surface area contributed by atoms with Crippen molar-refractivity contribution >= 4 is 27.9 Å². The molecule has 1 amide bonds. The second-order valence-corrected chi connectivity index (χ2v) is 8.11. The summed E-state index contributed by atoms with van der Waals surface area (Å²) in [6.07, 6.45) is 6.93. The molecule has 0 unspecified atom stereocenters. The van der Waals surface area contributed by atoms with Gasteiger partial charge in [0, 0.05) is 41.4 Å². The average Bonchev–Trinajstić information content (AvgIpc) is 3.20. The second kappa shape index (κ2) is 17.1. The number of aromatic nitrogens is 1. The maximum Gasteiger partial charge on any atom is 0.407 e. The van der Waals surface area contributed by atoms with Gasteiger partial charge in [-0.05, 0) is 50.2 Å². The highest BCUT2D eigenvalue weighted by molar-refractivity contribution is 6.08. The van der Waals surface area contributed by atoms with E-state index in [4.69, 9.17) is 9.84 Å². The van der Waals surface area contributed by atoms with Crippen molar-refractivity contribution in [3.05, 3.63) is 48.5 Å². The number of benzene rings is 2. The molecule has 2 N–H and O–H groups in total. The number of hydrogen-bond donors (Lipinski definition) is 2. The minimum atomic E-state index is -0.297. The molecular weight excluding hydrogens is 436 g/mol. The predicted octanol–water partition coefficient (Wildman–Crippen LogP) is 6.28. The predicted molar refractivity (Wildman–Crippen MR) is 145 cm³/mol. The van der Waals surface area contributed by atoms with Gasteiger partial charge in [0.25, 0.3) is 0 Å². The number of aliphatic hydroxyl groups is 1. The van der Waals surface area contributed by atoms with Crippen LogP contribution in [0.15, 0.2) is 48.5 Å². The second-order valence-electron chi connectivity index (χ2n) is 8.11. The third-order valence-corrected chi connectivity index (χ3v) is 5.44. The Morgan fingerprint density at radius 2 is 1.54 bits per heavy atom. The zero-order chi connectivity index (χ0) is 25.1. The van der Waals surface area contributed by atoms with E-state index in [-0.39, 0.29) is 12.7 Å². The van der Waals surface area contributed by atoms with Gasteiger partial charge in [0.05, 0.1) is 13.2 Å². The molecule has 3 aromatic rings. The van der Waals surface area contributed by atoms with Gasteiger partial charge in [-0.1, -0.05) is 74.4 Å². The van der Waals surface area contributed by atoms with Gasteiger partial charge in [-0.25, -0.2) is 4.79 Å². The number of carbonyl (C=O) groups excluding carboxylic acids is 1. The Balaban J connectivity index is 0.000000307. The summed E-state index contributed by atoms with van der Waals surface area (Å²) in [5, 5.41) is 13.9. The van der Waals surface area contributed by atoms with Crippen LogP contribution in [-0.4, -0.2) is 35.5 Å². The number of unbranched alkanes of at least 4 members (excludes halogenated alkanes) is 5. The molecule has 5 nitrogen and oxygen atoms in total. The smallest absolute Gasteiger partial charge is 0.407 e. The Hall–Kier alpha value is -3.41. The molecule has 0 aliphatic carbocycles. The van der Waals surface area contributed by atoms with Crippen LogP contribution in [0.3, 0.4) is 0 Å². The molecule has 0 aliphatic rings. The Labute approximate surface area is 209 Å². The first-order chi connectivity index (χ1) is 17.2. The number of carbonyl (C=O) groups is 1. The lowest BCUT2D eigenvalue weighted by molar-refractivity contribution is 0.152. The summed E-state index contributed by atoms with van der Waals surface area (Å²) < 4.78 is 6.94. The Morgan fingerprint density at radius 3 is 2.17 bits per heavy atom. The maximum absolute atomic E-state index is 10.7. The van der Waals surface area contributed by atoms with Crippen LogP contribution in [0.1, 0.15) is 58.8 Å². The van der Waals surface area contributed by atoms with Crippen LogP contribution in [0.25, 0.3) is 21.8 Å². The van der Waals surface area contributed by atoms with Crippen molar-refractivity contribution < 1.29 is 14.6 Å². The number of hydrogen-bond acceptors (Lipinski definition) is 3. The Kier molecular flexibility index (Phi) is 13.6. The van der Waals surface area contributed by atoms with E-state index in [1.165, 1.54) is 41.1 Å². The number of alkyl carbamates (subject to hydrolysis) is 1. The highest BCUT2D eigenvalue weighted by Crippen LogP contribution is 2.28. The summed E-state index contributed by atoms with van der Waals surface area (Å²) in [5.74, 6) is 12.0. The van der Waals surface area contributed by atoms with E-state index in [1.807, 2.05) is 0 Å². The fourth-order valence-electron chi connectivity index (χ4n) is 3.69.